The van der Waals surface area contributed by atoms with Crippen molar-refractivity contribution in [3.05, 3.63) is 30.1 Å². The lowest BCUT2D eigenvalue weighted by Crippen LogP contribution is -2.44. The Hall–Kier alpha value is -3.43. The van der Waals surface area contributed by atoms with Crippen LogP contribution in [0.4, 0.5) is 0 Å². The summed E-state index contributed by atoms with van der Waals surface area (Å²) in [5, 5.41) is 11.7. The van der Waals surface area contributed by atoms with Crippen molar-refractivity contribution in [3.63, 3.8) is 0 Å². The van der Waals surface area contributed by atoms with Gasteiger partial charge in [-0.1, -0.05) is 13.8 Å². The van der Waals surface area contributed by atoms with Crippen molar-refractivity contribution in [1.29, 1.82) is 0 Å². The van der Waals surface area contributed by atoms with Crippen molar-refractivity contribution < 1.29 is 28.9 Å². The molecule has 0 bridgehead atoms. The summed E-state index contributed by atoms with van der Waals surface area (Å²) >= 11 is 0. The molecule has 0 aliphatic heterocycles. The molecule has 0 aliphatic rings. The normalized spacial score (nSPS) is 11.6. The molecule has 2 aromatic heterocycles. The zero-order valence-electron chi connectivity index (χ0n) is 15.3. The van der Waals surface area contributed by atoms with E-state index >= 15 is 0 Å². The first-order valence-electron chi connectivity index (χ1n) is 7.99. The van der Waals surface area contributed by atoms with Crippen LogP contribution in [0, 0.1) is 5.92 Å². The molecule has 0 saturated heterocycles. The van der Waals surface area contributed by atoms with Crippen LogP contribution in [0.3, 0.4) is 0 Å². The molecule has 2 N–H and O–H groups in total. The van der Waals surface area contributed by atoms with Gasteiger partial charge in [0.1, 0.15) is 6.04 Å². The van der Waals surface area contributed by atoms with Crippen LogP contribution in [-0.4, -0.2) is 52.2 Å². The molecule has 0 saturated carbocycles. The van der Waals surface area contributed by atoms with Gasteiger partial charge in [0.25, 0.3) is 5.91 Å². The third-order valence-corrected chi connectivity index (χ3v) is 3.48. The first kappa shape index (κ1) is 19.9. The number of hydrogen-bond donors (Lipinski definition) is 2. The van der Waals surface area contributed by atoms with E-state index in [0.29, 0.717) is 0 Å². The first-order chi connectivity index (χ1) is 12.8. The van der Waals surface area contributed by atoms with Crippen molar-refractivity contribution in [1.82, 2.24) is 20.3 Å². The number of rotatable bonds is 8. The number of ether oxygens (including phenoxy) is 3. The van der Waals surface area contributed by atoms with Gasteiger partial charge in [0.05, 0.1) is 20.3 Å². The molecular weight excluding hydrogens is 356 g/mol. The predicted molar refractivity (Wildman–Crippen MR) is 93.2 cm³/mol. The lowest BCUT2D eigenvalue weighted by atomic mass is 10.0. The van der Waals surface area contributed by atoms with E-state index in [4.69, 9.17) is 14.2 Å². The van der Waals surface area contributed by atoms with Crippen LogP contribution < -0.4 is 19.5 Å². The lowest BCUT2D eigenvalue weighted by Gasteiger charge is -2.18. The highest BCUT2D eigenvalue weighted by molar-refractivity contribution is 5.97. The van der Waals surface area contributed by atoms with E-state index in [0.717, 1.165) is 0 Å². The molecule has 1 atom stereocenters. The second kappa shape index (κ2) is 8.79. The fourth-order valence-corrected chi connectivity index (χ4v) is 2.10. The van der Waals surface area contributed by atoms with E-state index in [1.165, 1.54) is 32.5 Å². The molecule has 0 aromatic carbocycles. The number of methoxy groups -OCH3 is 2. The van der Waals surface area contributed by atoms with Gasteiger partial charge in [0.15, 0.2) is 11.4 Å². The maximum atomic E-state index is 12.5. The SMILES string of the molecule is COc1cc(OC)nc(Oc2cccnc2C(=O)NC(C(=O)O)C(C)C)n1. The van der Waals surface area contributed by atoms with Gasteiger partial charge in [-0.15, -0.1) is 0 Å². The molecule has 10 heteroatoms. The summed E-state index contributed by atoms with van der Waals surface area (Å²) in [5.74, 6) is -1.68. The number of aliphatic carboxylic acids is 1. The molecule has 0 radical (unpaired) electrons. The van der Waals surface area contributed by atoms with Crippen LogP contribution in [0.2, 0.25) is 0 Å². The minimum Gasteiger partial charge on any atom is -0.481 e. The number of carboxylic acids is 1. The number of carboxylic acid groups (broad SMARTS) is 1. The van der Waals surface area contributed by atoms with Gasteiger partial charge < -0.3 is 24.6 Å². The summed E-state index contributed by atoms with van der Waals surface area (Å²) in [6, 6.07) is 3.32. The quantitative estimate of drug-likeness (QED) is 0.703. The largest absolute Gasteiger partial charge is 0.481 e. The molecule has 0 aliphatic carbocycles. The topological polar surface area (TPSA) is 133 Å². The highest BCUT2D eigenvalue weighted by Crippen LogP contribution is 2.25. The minimum absolute atomic E-state index is 0.0539. The Balaban J connectivity index is 2.30. The maximum Gasteiger partial charge on any atom is 0.328 e. The summed E-state index contributed by atoms with van der Waals surface area (Å²) < 4.78 is 15.7. The zero-order chi connectivity index (χ0) is 20.0. The standard InChI is InChI=1S/C17H20N4O6/c1-9(2)13(16(23)24)21-15(22)14-10(6-5-7-18-14)27-17-19-11(25-3)8-12(20-17)26-4/h5-9,13H,1-4H3,(H,21,22)(H,23,24). The van der Waals surface area contributed by atoms with E-state index < -0.39 is 17.9 Å². The molecule has 1 unspecified atom stereocenters. The van der Waals surface area contributed by atoms with Gasteiger partial charge in [-0.2, -0.15) is 9.97 Å². The monoisotopic (exact) mass is 376 g/mol. The van der Waals surface area contributed by atoms with Gasteiger partial charge in [0, 0.05) is 6.20 Å². The van der Waals surface area contributed by atoms with E-state index in [1.807, 2.05) is 0 Å². The molecule has 2 heterocycles. The highest BCUT2D eigenvalue weighted by Gasteiger charge is 2.26. The molecule has 144 valence electrons. The van der Waals surface area contributed by atoms with Crippen molar-refractivity contribution in [3.8, 4) is 23.5 Å². The zero-order valence-corrected chi connectivity index (χ0v) is 15.3. The lowest BCUT2D eigenvalue weighted by molar-refractivity contribution is -0.140. The van der Waals surface area contributed by atoms with Crippen LogP contribution in [0.5, 0.6) is 23.5 Å². The van der Waals surface area contributed by atoms with E-state index in [-0.39, 0.29) is 35.1 Å². The van der Waals surface area contributed by atoms with Crippen LogP contribution in [0.15, 0.2) is 24.4 Å². The second-order valence-electron chi connectivity index (χ2n) is 5.72. The Labute approximate surface area is 155 Å². The smallest absolute Gasteiger partial charge is 0.328 e. The summed E-state index contributed by atoms with van der Waals surface area (Å²) in [5.41, 5.74) is -0.102. The van der Waals surface area contributed by atoms with Crippen LogP contribution >= 0.6 is 0 Å². The first-order valence-corrected chi connectivity index (χ1v) is 7.99. The third-order valence-electron chi connectivity index (χ3n) is 3.48. The summed E-state index contributed by atoms with van der Waals surface area (Å²) in [6.07, 6.45) is 1.39. The average Bonchev–Trinajstić information content (AvgIpc) is 2.65. The van der Waals surface area contributed by atoms with Gasteiger partial charge in [-0.05, 0) is 18.1 Å². The van der Waals surface area contributed by atoms with Gasteiger partial charge in [0.2, 0.25) is 11.8 Å². The van der Waals surface area contributed by atoms with E-state index in [1.54, 1.807) is 19.9 Å². The van der Waals surface area contributed by atoms with Gasteiger partial charge in [-0.3, -0.25) is 4.79 Å². The molecule has 27 heavy (non-hydrogen) atoms. The Bertz CT molecular complexity index is 805. The fourth-order valence-electron chi connectivity index (χ4n) is 2.10. The van der Waals surface area contributed by atoms with E-state index in [9.17, 15) is 14.7 Å². The van der Waals surface area contributed by atoms with E-state index in [2.05, 4.69) is 20.3 Å². The third kappa shape index (κ3) is 5.03. The van der Waals surface area contributed by atoms with Crippen LogP contribution in [-0.2, 0) is 4.79 Å². The minimum atomic E-state index is -1.14. The molecular formula is C17H20N4O6. The number of hydrogen-bond acceptors (Lipinski definition) is 8. The molecule has 2 aromatic rings. The molecule has 0 fully saturated rings. The number of nitrogens with zero attached hydrogens (tertiary/aromatic N) is 3. The summed E-state index contributed by atoms with van der Waals surface area (Å²) in [6.45, 7) is 3.37. The summed E-state index contributed by atoms with van der Waals surface area (Å²) in [4.78, 5) is 35.9. The van der Waals surface area contributed by atoms with Crippen molar-refractivity contribution in [2.24, 2.45) is 5.92 Å². The van der Waals surface area contributed by atoms with Crippen molar-refractivity contribution >= 4 is 11.9 Å². The van der Waals surface area contributed by atoms with Gasteiger partial charge >= 0.3 is 12.0 Å². The maximum absolute atomic E-state index is 12.5. The van der Waals surface area contributed by atoms with Crippen molar-refractivity contribution in [2.75, 3.05) is 14.2 Å². The van der Waals surface area contributed by atoms with Gasteiger partial charge in [-0.25, -0.2) is 9.78 Å². The number of amides is 1. The highest BCUT2D eigenvalue weighted by atomic mass is 16.5. The summed E-state index contributed by atoms with van der Waals surface area (Å²) in [7, 11) is 2.85. The predicted octanol–water partition coefficient (Wildman–Crippen LogP) is 1.52. The fraction of sp³-hybridized carbons (Fsp3) is 0.353. The van der Waals surface area contributed by atoms with Crippen molar-refractivity contribution in [2.45, 2.75) is 19.9 Å². The Morgan fingerprint density at radius 2 is 1.78 bits per heavy atom. The number of nitrogens with one attached hydrogen (secondary N) is 1. The number of carbonyl (C=O) groups excluding carboxylic acids is 1. The Morgan fingerprint density at radius 3 is 2.30 bits per heavy atom. The molecule has 10 nitrogen and oxygen atoms in total. The molecule has 1 amide bonds. The molecule has 0 spiro atoms. The average molecular weight is 376 g/mol. The Kier molecular flexibility index (Phi) is 6.47. The number of pyridine rings is 1. The van der Waals surface area contributed by atoms with Crippen LogP contribution in [0.25, 0.3) is 0 Å². The number of aromatic nitrogens is 3. The second-order valence-corrected chi connectivity index (χ2v) is 5.72. The Morgan fingerprint density at radius 1 is 1.15 bits per heavy atom. The molecule has 2 rings (SSSR count). The number of carbonyl (C=O) groups is 2. The van der Waals surface area contributed by atoms with Crippen LogP contribution in [0.1, 0.15) is 24.3 Å².